The Hall–Kier alpha value is -4.02. The van der Waals surface area contributed by atoms with E-state index in [-0.39, 0.29) is 17.7 Å². The number of carbonyl (C=O) groups excluding carboxylic acids is 1. The largest absolute Gasteiger partial charge is 0.489 e. The quantitative estimate of drug-likeness (QED) is 0.289. The van der Waals surface area contributed by atoms with Crippen LogP contribution in [0.1, 0.15) is 41.5 Å². The molecule has 0 spiro atoms. The molecule has 1 aliphatic carbocycles. The normalized spacial score (nSPS) is 18.7. The van der Waals surface area contributed by atoms with Gasteiger partial charge in [0.15, 0.2) is 5.78 Å². The Morgan fingerprint density at radius 3 is 2.35 bits per heavy atom. The molecule has 0 saturated heterocycles. The highest BCUT2D eigenvalue weighted by Gasteiger charge is 2.36. The standard InChI is InChI=1S/C32H27ClN2O2/c33-25-15-13-22(14-16-25)24-18-29-31(30(36)19-24)32(35-28-12-5-4-11-27(28)34-29)23-9-6-10-26(17-23)37-20-21-7-2-1-3-8-21/h1-17,24,32,34-35H,18-20H2/t24-,32+/m1/s1. The first-order valence-corrected chi connectivity index (χ1v) is 12.9. The number of anilines is 2. The number of Topliss-reactive ketones (excluding diaryl/α,β-unsaturated/α-hetero) is 1. The van der Waals surface area contributed by atoms with Crippen molar-refractivity contribution in [2.45, 2.75) is 31.4 Å². The molecule has 0 fully saturated rings. The van der Waals surface area contributed by atoms with Gasteiger partial charge in [-0.3, -0.25) is 4.79 Å². The predicted molar refractivity (Wildman–Crippen MR) is 149 cm³/mol. The lowest BCUT2D eigenvalue weighted by Crippen LogP contribution is -2.26. The molecule has 37 heavy (non-hydrogen) atoms. The lowest BCUT2D eigenvalue weighted by molar-refractivity contribution is -0.116. The molecule has 4 aromatic rings. The molecule has 0 bridgehead atoms. The molecule has 184 valence electrons. The van der Waals surface area contributed by atoms with Crippen LogP contribution in [0.3, 0.4) is 0 Å². The van der Waals surface area contributed by atoms with Gasteiger partial charge in [-0.1, -0.05) is 78.3 Å². The van der Waals surface area contributed by atoms with Gasteiger partial charge in [0.05, 0.1) is 17.4 Å². The van der Waals surface area contributed by atoms with E-state index in [2.05, 4.69) is 16.7 Å². The van der Waals surface area contributed by atoms with Gasteiger partial charge in [0, 0.05) is 22.7 Å². The van der Waals surface area contributed by atoms with Gasteiger partial charge in [-0.2, -0.15) is 0 Å². The summed E-state index contributed by atoms with van der Waals surface area (Å²) in [5.41, 5.74) is 6.93. The van der Waals surface area contributed by atoms with Crippen LogP contribution >= 0.6 is 11.6 Å². The minimum absolute atomic E-state index is 0.0995. The molecule has 2 atom stereocenters. The highest BCUT2D eigenvalue weighted by Crippen LogP contribution is 2.44. The van der Waals surface area contributed by atoms with Crippen molar-refractivity contribution in [3.8, 4) is 5.75 Å². The van der Waals surface area contributed by atoms with Crippen molar-refractivity contribution in [3.63, 3.8) is 0 Å². The summed E-state index contributed by atoms with van der Waals surface area (Å²) in [6.45, 7) is 0.489. The second-order valence-electron chi connectivity index (χ2n) is 9.57. The number of halogens is 1. The maximum atomic E-state index is 13.8. The third-order valence-corrected chi connectivity index (χ3v) is 7.34. The van der Waals surface area contributed by atoms with Crippen LogP contribution in [-0.4, -0.2) is 5.78 Å². The van der Waals surface area contributed by atoms with Gasteiger partial charge in [-0.05, 0) is 65.4 Å². The van der Waals surface area contributed by atoms with Gasteiger partial charge < -0.3 is 15.4 Å². The Labute approximate surface area is 221 Å². The topological polar surface area (TPSA) is 50.4 Å². The number of benzene rings is 4. The first-order chi connectivity index (χ1) is 18.1. The minimum Gasteiger partial charge on any atom is -0.489 e. The van der Waals surface area contributed by atoms with Crippen LogP contribution in [0.2, 0.25) is 5.02 Å². The van der Waals surface area contributed by atoms with Crippen LogP contribution in [0.15, 0.2) is 114 Å². The number of allylic oxidation sites excluding steroid dienone is 1. The molecule has 2 aliphatic rings. The van der Waals surface area contributed by atoms with E-state index in [0.29, 0.717) is 18.1 Å². The van der Waals surface area contributed by atoms with Crippen LogP contribution < -0.4 is 15.4 Å². The van der Waals surface area contributed by atoms with Crippen molar-refractivity contribution in [1.29, 1.82) is 0 Å². The fourth-order valence-corrected chi connectivity index (χ4v) is 5.36. The fourth-order valence-electron chi connectivity index (χ4n) is 5.24. The summed E-state index contributed by atoms with van der Waals surface area (Å²) in [6, 6.07) is 33.8. The molecule has 0 radical (unpaired) electrons. The van der Waals surface area contributed by atoms with Gasteiger partial charge in [0.2, 0.25) is 0 Å². The van der Waals surface area contributed by atoms with Gasteiger partial charge in [-0.25, -0.2) is 0 Å². The average Bonchev–Trinajstić information content (AvgIpc) is 3.10. The highest BCUT2D eigenvalue weighted by atomic mass is 35.5. The summed E-state index contributed by atoms with van der Waals surface area (Å²) in [6.07, 6.45) is 1.21. The number of para-hydroxylation sites is 2. The Kier molecular flexibility index (Phi) is 6.42. The van der Waals surface area contributed by atoms with Crippen molar-refractivity contribution >= 4 is 28.8 Å². The molecule has 0 saturated carbocycles. The lowest BCUT2D eigenvalue weighted by Gasteiger charge is -2.30. The molecule has 4 aromatic carbocycles. The second-order valence-corrected chi connectivity index (χ2v) is 10.0. The number of hydrogen-bond donors (Lipinski definition) is 2. The number of nitrogens with one attached hydrogen (secondary N) is 2. The first-order valence-electron chi connectivity index (χ1n) is 12.5. The van der Waals surface area contributed by atoms with E-state index in [4.69, 9.17) is 16.3 Å². The highest BCUT2D eigenvalue weighted by molar-refractivity contribution is 6.30. The number of carbonyl (C=O) groups is 1. The van der Waals surface area contributed by atoms with E-state index < -0.39 is 0 Å². The summed E-state index contributed by atoms with van der Waals surface area (Å²) in [5.74, 6) is 1.02. The molecule has 1 aliphatic heterocycles. The van der Waals surface area contributed by atoms with E-state index in [0.717, 1.165) is 51.5 Å². The second kappa shape index (κ2) is 10.2. The van der Waals surface area contributed by atoms with Crippen LogP contribution in [-0.2, 0) is 11.4 Å². The zero-order valence-electron chi connectivity index (χ0n) is 20.3. The smallest absolute Gasteiger partial charge is 0.163 e. The van der Waals surface area contributed by atoms with Crippen molar-refractivity contribution in [2.24, 2.45) is 0 Å². The summed E-state index contributed by atoms with van der Waals surface area (Å²) in [4.78, 5) is 13.8. The average molecular weight is 507 g/mol. The van der Waals surface area contributed by atoms with Crippen molar-refractivity contribution in [3.05, 3.63) is 136 Å². The third kappa shape index (κ3) is 4.98. The van der Waals surface area contributed by atoms with E-state index in [1.54, 1.807) is 0 Å². The van der Waals surface area contributed by atoms with Gasteiger partial charge in [0.1, 0.15) is 12.4 Å². The molecule has 6 rings (SSSR count). The summed E-state index contributed by atoms with van der Waals surface area (Å²) >= 11 is 6.12. The van der Waals surface area contributed by atoms with E-state index in [1.165, 1.54) is 0 Å². The Balaban J connectivity index is 1.35. The van der Waals surface area contributed by atoms with Crippen molar-refractivity contribution in [1.82, 2.24) is 0 Å². The molecule has 0 amide bonds. The zero-order valence-corrected chi connectivity index (χ0v) is 21.0. The number of ether oxygens (including phenoxy) is 1. The molecular weight excluding hydrogens is 480 g/mol. The Morgan fingerprint density at radius 2 is 1.54 bits per heavy atom. The fraction of sp³-hybridized carbons (Fsp3) is 0.156. The molecule has 4 nitrogen and oxygen atoms in total. The Morgan fingerprint density at radius 1 is 0.784 bits per heavy atom. The maximum absolute atomic E-state index is 13.8. The lowest BCUT2D eigenvalue weighted by atomic mass is 9.78. The van der Waals surface area contributed by atoms with Crippen molar-refractivity contribution < 1.29 is 9.53 Å². The minimum atomic E-state index is -0.287. The zero-order chi connectivity index (χ0) is 25.2. The molecule has 5 heteroatoms. The summed E-state index contributed by atoms with van der Waals surface area (Å²) in [7, 11) is 0. The van der Waals surface area contributed by atoms with Gasteiger partial charge >= 0.3 is 0 Å². The molecule has 2 N–H and O–H groups in total. The van der Waals surface area contributed by atoms with E-state index >= 15 is 0 Å². The Bertz CT molecular complexity index is 1460. The monoisotopic (exact) mass is 506 g/mol. The summed E-state index contributed by atoms with van der Waals surface area (Å²) < 4.78 is 6.12. The van der Waals surface area contributed by atoms with Gasteiger partial charge in [-0.15, -0.1) is 0 Å². The molecule has 0 unspecified atom stereocenters. The number of fused-ring (bicyclic) bond motifs is 1. The first kappa shape index (κ1) is 23.4. The molecule has 1 heterocycles. The number of rotatable bonds is 5. The SMILES string of the molecule is O=C1C[C@H](c2ccc(Cl)cc2)CC2=C1[C@H](c1cccc(OCc3ccccc3)c1)Nc1ccccc1N2. The number of hydrogen-bond acceptors (Lipinski definition) is 4. The number of ketones is 1. The van der Waals surface area contributed by atoms with Crippen LogP contribution in [0, 0.1) is 0 Å². The maximum Gasteiger partial charge on any atom is 0.163 e. The van der Waals surface area contributed by atoms with Crippen LogP contribution in [0.25, 0.3) is 0 Å². The van der Waals surface area contributed by atoms with Gasteiger partial charge in [0.25, 0.3) is 0 Å². The van der Waals surface area contributed by atoms with E-state index in [1.807, 2.05) is 97.1 Å². The summed E-state index contributed by atoms with van der Waals surface area (Å²) in [5, 5.41) is 7.96. The van der Waals surface area contributed by atoms with Crippen molar-refractivity contribution in [2.75, 3.05) is 10.6 Å². The van der Waals surface area contributed by atoms with Crippen LogP contribution in [0.5, 0.6) is 5.75 Å². The van der Waals surface area contributed by atoms with E-state index in [9.17, 15) is 4.79 Å². The molecular formula is C32H27ClN2O2. The van der Waals surface area contributed by atoms with Crippen LogP contribution in [0.4, 0.5) is 11.4 Å². The third-order valence-electron chi connectivity index (χ3n) is 7.09. The molecule has 0 aromatic heterocycles. The predicted octanol–water partition coefficient (Wildman–Crippen LogP) is 7.90.